The van der Waals surface area contributed by atoms with Crippen molar-refractivity contribution in [3.05, 3.63) is 33.5 Å². The van der Waals surface area contributed by atoms with Crippen LogP contribution in [-0.4, -0.2) is 24.1 Å². The van der Waals surface area contributed by atoms with Gasteiger partial charge in [-0.15, -0.1) is 13.2 Å². The second-order valence-corrected chi connectivity index (χ2v) is 6.32. The van der Waals surface area contributed by atoms with Crippen LogP contribution < -0.4 is 10.1 Å². The van der Waals surface area contributed by atoms with Gasteiger partial charge in [0.15, 0.2) is 11.3 Å². The lowest BCUT2D eigenvalue weighted by Gasteiger charge is -2.29. The monoisotopic (exact) mass is 457 g/mol. The van der Waals surface area contributed by atoms with E-state index in [0.717, 1.165) is 12.3 Å². The molecule has 1 fully saturated rings. The number of carbonyl (C=O) groups excluding carboxylic acids is 2. The molecule has 1 N–H and O–H groups in total. The molecule has 0 spiro atoms. The number of carbonyl (C=O) groups is 2. The third kappa shape index (κ3) is 4.76. The van der Waals surface area contributed by atoms with Crippen LogP contribution in [0.25, 0.3) is 0 Å². The molecule has 1 aromatic carbocycles. The van der Waals surface area contributed by atoms with Gasteiger partial charge >= 0.3 is 18.3 Å². The van der Waals surface area contributed by atoms with Crippen molar-refractivity contribution in [2.45, 2.75) is 26.0 Å². The predicted molar refractivity (Wildman–Crippen MR) is 83.8 cm³/mol. The molecule has 1 aliphatic heterocycles. The minimum absolute atomic E-state index is 0.0920. The number of hydrogen-bond donors (Lipinski definition) is 1. The van der Waals surface area contributed by atoms with Gasteiger partial charge in [0.05, 0.1) is 5.69 Å². The summed E-state index contributed by atoms with van der Waals surface area (Å²) in [6.07, 6.45) is -3.98. The van der Waals surface area contributed by atoms with E-state index < -0.39 is 35.4 Å². The van der Waals surface area contributed by atoms with Gasteiger partial charge in [-0.2, -0.15) is 0 Å². The Morgan fingerprint density at radius 1 is 1.21 bits per heavy atom. The summed E-state index contributed by atoms with van der Waals surface area (Å²) >= 11 is 1.82. The molecule has 0 bridgehead atoms. The summed E-state index contributed by atoms with van der Waals surface area (Å²) in [5, 5.41) is 2.43. The number of halogens is 4. The lowest BCUT2D eigenvalue weighted by atomic mass is 10.2. The van der Waals surface area contributed by atoms with Crippen LogP contribution in [0.5, 0.6) is 5.75 Å². The zero-order chi connectivity index (χ0) is 18.1. The first-order chi connectivity index (χ1) is 11.0. The summed E-state index contributed by atoms with van der Waals surface area (Å²) in [5.41, 5.74) is -0.573. The summed E-state index contributed by atoms with van der Waals surface area (Å²) in [5.74, 6) is -3.82. The van der Waals surface area contributed by atoms with E-state index in [-0.39, 0.29) is 5.69 Å². The Kier molecular flexibility index (Phi) is 4.97. The molecule has 24 heavy (non-hydrogen) atoms. The fourth-order valence-electron chi connectivity index (χ4n) is 1.75. The fraction of sp³-hybridized carbons (Fsp3) is 0.286. The van der Waals surface area contributed by atoms with Crippen molar-refractivity contribution in [3.8, 4) is 5.75 Å². The Morgan fingerprint density at radius 3 is 2.33 bits per heavy atom. The maximum absolute atomic E-state index is 12.4. The number of ether oxygens (including phenoxy) is 3. The van der Waals surface area contributed by atoms with Crippen molar-refractivity contribution >= 4 is 40.2 Å². The number of esters is 2. The van der Waals surface area contributed by atoms with Crippen molar-refractivity contribution in [2.24, 2.45) is 0 Å². The summed E-state index contributed by atoms with van der Waals surface area (Å²) in [7, 11) is 0. The van der Waals surface area contributed by atoms with Gasteiger partial charge in [-0.3, -0.25) is 0 Å². The number of anilines is 1. The molecule has 1 heterocycles. The molecule has 1 aliphatic rings. The van der Waals surface area contributed by atoms with E-state index in [0.29, 0.717) is 3.57 Å². The van der Waals surface area contributed by atoms with Gasteiger partial charge in [0.2, 0.25) is 0 Å². The highest BCUT2D eigenvalue weighted by molar-refractivity contribution is 14.1. The lowest BCUT2D eigenvalue weighted by Crippen LogP contribution is -2.42. The van der Waals surface area contributed by atoms with E-state index in [9.17, 15) is 22.8 Å². The Hall–Kier alpha value is -1.98. The quantitative estimate of drug-likeness (QED) is 0.325. The van der Waals surface area contributed by atoms with Crippen molar-refractivity contribution in [1.29, 1.82) is 0 Å². The topological polar surface area (TPSA) is 73.9 Å². The van der Waals surface area contributed by atoms with E-state index in [4.69, 9.17) is 9.47 Å². The first kappa shape index (κ1) is 18.4. The van der Waals surface area contributed by atoms with Gasteiger partial charge in [0, 0.05) is 23.6 Å². The second-order valence-electron chi connectivity index (χ2n) is 5.07. The second kappa shape index (κ2) is 6.49. The molecule has 130 valence electrons. The zero-order valence-electron chi connectivity index (χ0n) is 12.4. The maximum Gasteiger partial charge on any atom is 0.573 e. The van der Waals surface area contributed by atoms with Gasteiger partial charge < -0.3 is 19.5 Å². The highest BCUT2D eigenvalue weighted by Gasteiger charge is 2.39. The number of benzene rings is 1. The number of cyclic esters (lactones) is 2. The summed E-state index contributed by atoms with van der Waals surface area (Å²) in [4.78, 5) is 23.5. The van der Waals surface area contributed by atoms with Gasteiger partial charge in [0.1, 0.15) is 0 Å². The number of rotatable bonds is 3. The Bertz CT molecular complexity index is 693. The largest absolute Gasteiger partial charge is 0.573 e. The molecule has 6 nitrogen and oxygen atoms in total. The SMILES string of the molecule is CC1(C)OC(=O)C(=CNc2ccc(I)cc2OC(F)(F)F)C(=O)O1. The van der Waals surface area contributed by atoms with Crippen LogP contribution in [-0.2, 0) is 19.1 Å². The van der Waals surface area contributed by atoms with E-state index in [2.05, 4.69) is 10.1 Å². The van der Waals surface area contributed by atoms with Crippen molar-refractivity contribution < 1.29 is 37.0 Å². The summed E-state index contributed by atoms with van der Waals surface area (Å²) < 4.78 is 51.5. The first-order valence-corrected chi connectivity index (χ1v) is 7.53. The standard InChI is InChI=1S/C14H11F3INO5/c1-13(2)23-11(20)8(12(21)24-13)6-19-9-4-3-7(18)5-10(9)22-14(15,16)17/h3-6,19H,1-2H3. The van der Waals surface area contributed by atoms with Crippen LogP contribution >= 0.6 is 22.6 Å². The van der Waals surface area contributed by atoms with Gasteiger partial charge in [-0.25, -0.2) is 9.59 Å². The normalized spacial score (nSPS) is 17.0. The molecule has 0 radical (unpaired) electrons. The highest BCUT2D eigenvalue weighted by atomic mass is 127. The molecule has 10 heteroatoms. The minimum Gasteiger partial charge on any atom is -0.419 e. The molecule has 1 saturated heterocycles. The van der Waals surface area contributed by atoms with E-state index in [1.807, 2.05) is 22.6 Å². The van der Waals surface area contributed by atoms with Gasteiger partial charge in [0.25, 0.3) is 5.79 Å². The third-order valence-electron chi connectivity index (χ3n) is 2.66. The number of hydrogen-bond acceptors (Lipinski definition) is 6. The van der Waals surface area contributed by atoms with Gasteiger partial charge in [-0.1, -0.05) is 0 Å². The highest BCUT2D eigenvalue weighted by Crippen LogP contribution is 2.32. The first-order valence-electron chi connectivity index (χ1n) is 6.45. The number of alkyl halides is 3. The van der Waals surface area contributed by atoms with E-state index >= 15 is 0 Å². The van der Waals surface area contributed by atoms with E-state index in [1.165, 1.54) is 26.0 Å². The fourth-order valence-corrected chi connectivity index (χ4v) is 2.22. The molecule has 0 atom stereocenters. The minimum atomic E-state index is -4.89. The van der Waals surface area contributed by atoms with Crippen LogP contribution in [0.1, 0.15) is 13.8 Å². The Morgan fingerprint density at radius 2 is 1.79 bits per heavy atom. The molecule has 0 unspecified atom stereocenters. The third-order valence-corrected chi connectivity index (χ3v) is 3.33. The van der Waals surface area contributed by atoms with Crippen molar-refractivity contribution in [3.63, 3.8) is 0 Å². The van der Waals surface area contributed by atoms with E-state index in [1.54, 1.807) is 0 Å². The van der Waals surface area contributed by atoms with Crippen LogP contribution in [0.3, 0.4) is 0 Å². The smallest absolute Gasteiger partial charge is 0.419 e. The Balaban J connectivity index is 2.25. The lowest BCUT2D eigenvalue weighted by molar-refractivity contribution is -0.274. The van der Waals surface area contributed by atoms with Crippen molar-refractivity contribution in [1.82, 2.24) is 0 Å². The van der Waals surface area contributed by atoms with Crippen LogP contribution in [0.15, 0.2) is 30.0 Å². The maximum atomic E-state index is 12.4. The molecule has 0 saturated carbocycles. The van der Waals surface area contributed by atoms with Crippen molar-refractivity contribution in [2.75, 3.05) is 5.32 Å². The molecule has 0 aliphatic carbocycles. The number of nitrogens with one attached hydrogen (secondary N) is 1. The summed E-state index contributed by atoms with van der Waals surface area (Å²) in [6, 6.07) is 3.98. The molecule has 2 rings (SSSR count). The van der Waals surface area contributed by atoms with Crippen LogP contribution in [0.2, 0.25) is 0 Å². The summed E-state index contributed by atoms with van der Waals surface area (Å²) in [6.45, 7) is 2.75. The predicted octanol–water partition coefficient (Wildman–Crippen LogP) is 3.32. The van der Waals surface area contributed by atoms with Crippen LogP contribution in [0, 0.1) is 3.57 Å². The average Bonchev–Trinajstić information content (AvgIpc) is 2.36. The molecular weight excluding hydrogens is 446 g/mol. The average molecular weight is 457 g/mol. The molecule has 0 amide bonds. The van der Waals surface area contributed by atoms with Gasteiger partial charge in [-0.05, 0) is 40.8 Å². The molecule has 0 aromatic heterocycles. The Labute approximate surface area is 148 Å². The molecule has 1 aromatic rings. The van der Waals surface area contributed by atoms with Crippen LogP contribution in [0.4, 0.5) is 18.9 Å². The molecular formula is C14H11F3INO5. The zero-order valence-corrected chi connectivity index (χ0v) is 14.5.